The highest BCUT2D eigenvalue weighted by molar-refractivity contribution is 8.28. The second-order valence-electron chi connectivity index (χ2n) is 7.68. The third-order valence-electron chi connectivity index (χ3n) is 5.62. The Bertz CT molecular complexity index is 1090. The Labute approximate surface area is 169 Å². The highest BCUT2D eigenvalue weighted by atomic mass is 32.3. The lowest BCUT2D eigenvalue weighted by Gasteiger charge is -2.35. The Kier molecular flexibility index (Phi) is 4.70. The minimum Gasteiger partial charge on any atom is -0.497 e. The fourth-order valence-electron chi connectivity index (χ4n) is 4.13. The number of methoxy groups -OCH3 is 1. The van der Waals surface area contributed by atoms with Crippen molar-refractivity contribution in [1.29, 1.82) is 0 Å². The van der Waals surface area contributed by atoms with Gasteiger partial charge in [-0.25, -0.2) is 22.0 Å². The quantitative estimate of drug-likeness (QED) is 0.759. The number of thioether (sulfide) groups is 1. The number of rotatable bonds is 4. The van der Waals surface area contributed by atoms with Crippen LogP contribution in [0, 0.1) is 0 Å². The molecule has 0 radical (unpaired) electrons. The summed E-state index contributed by atoms with van der Waals surface area (Å²) in [5.74, 6) is 0.757. The van der Waals surface area contributed by atoms with Gasteiger partial charge in [0.15, 0.2) is 9.84 Å². The molecule has 1 saturated heterocycles. The number of hydrogen-bond donors (Lipinski definition) is 1. The first-order valence-electron chi connectivity index (χ1n) is 8.80. The summed E-state index contributed by atoms with van der Waals surface area (Å²) >= 11 is 0.793. The first-order chi connectivity index (χ1) is 13.0. The molecule has 2 N–H and O–H groups in total. The lowest BCUT2D eigenvalue weighted by molar-refractivity contribution is 0.231. The van der Waals surface area contributed by atoms with Gasteiger partial charge in [0.2, 0.25) is 10.0 Å². The monoisotopic (exact) mass is 442 g/mol. The molecule has 0 aromatic heterocycles. The molecule has 0 aliphatic carbocycles. The van der Waals surface area contributed by atoms with Crippen molar-refractivity contribution >= 4 is 31.6 Å². The Morgan fingerprint density at radius 1 is 1.32 bits per heavy atom. The molecule has 7 nitrogen and oxygen atoms in total. The largest absolute Gasteiger partial charge is 0.497 e. The van der Waals surface area contributed by atoms with Gasteiger partial charge in [-0.15, -0.1) is 0 Å². The Morgan fingerprint density at radius 3 is 2.61 bits per heavy atom. The summed E-state index contributed by atoms with van der Waals surface area (Å²) in [6.07, 6.45) is 2.38. The summed E-state index contributed by atoms with van der Waals surface area (Å²) in [7, 11) is -5.98. The molecular formula is C18H22N2O5S3. The summed E-state index contributed by atoms with van der Waals surface area (Å²) in [6, 6.07) is 7.31. The number of nitrogens with zero attached hydrogens (tertiary/aromatic N) is 1. The van der Waals surface area contributed by atoms with Crippen molar-refractivity contribution < 1.29 is 21.6 Å². The highest BCUT2D eigenvalue weighted by Crippen LogP contribution is 2.54. The maximum Gasteiger partial charge on any atom is 0.244 e. The molecule has 0 saturated carbocycles. The van der Waals surface area contributed by atoms with Gasteiger partial charge in [0, 0.05) is 19.1 Å². The summed E-state index contributed by atoms with van der Waals surface area (Å²) in [5.41, 5.74) is 1.82. The number of benzene rings is 1. The van der Waals surface area contributed by atoms with Crippen LogP contribution in [0.15, 0.2) is 44.4 Å². The van der Waals surface area contributed by atoms with Crippen LogP contribution < -0.4 is 9.88 Å². The fourth-order valence-corrected chi connectivity index (χ4v) is 9.07. The SMILES string of the molecule is COc1ccc(CN2CC3=C4S/C(S(N)(=O)=O)=C\C2CC(C)(C3)S4(=O)=O)cc1. The lowest BCUT2D eigenvalue weighted by atomic mass is 9.96. The van der Waals surface area contributed by atoms with E-state index in [1.807, 2.05) is 24.3 Å². The first-order valence-corrected chi connectivity index (χ1v) is 12.6. The number of sulfonamides is 1. The Morgan fingerprint density at radius 2 is 2.00 bits per heavy atom. The normalized spacial score (nSPS) is 31.2. The van der Waals surface area contributed by atoms with Crippen LogP contribution in [0.5, 0.6) is 5.75 Å². The summed E-state index contributed by atoms with van der Waals surface area (Å²) in [4.78, 5) is 2.13. The summed E-state index contributed by atoms with van der Waals surface area (Å²) in [5, 5.41) is 5.38. The highest BCUT2D eigenvalue weighted by Gasteiger charge is 2.54. The van der Waals surface area contributed by atoms with Crippen molar-refractivity contribution in [3.05, 3.63) is 50.0 Å². The topological polar surface area (TPSA) is 107 Å². The molecule has 1 aromatic rings. The van der Waals surface area contributed by atoms with E-state index in [4.69, 9.17) is 9.88 Å². The van der Waals surface area contributed by atoms with E-state index in [2.05, 4.69) is 4.90 Å². The maximum absolute atomic E-state index is 13.1. The molecular weight excluding hydrogens is 420 g/mol. The summed E-state index contributed by atoms with van der Waals surface area (Å²) < 4.78 is 54.7. The van der Waals surface area contributed by atoms with Crippen LogP contribution in [0.2, 0.25) is 0 Å². The Balaban J connectivity index is 1.79. The molecule has 2 unspecified atom stereocenters. The van der Waals surface area contributed by atoms with Gasteiger partial charge < -0.3 is 4.74 Å². The van der Waals surface area contributed by atoms with Crippen molar-refractivity contribution in [3.8, 4) is 5.75 Å². The average Bonchev–Trinajstić information content (AvgIpc) is 2.70. The maximum atomic E-state index is 13.1. The lowest BCUT2D eigenvalue weighted by Crippen LogP contribution is -2.43. The van der Waals surface area contributed by atoms with E-state index in [0.717, 1.165) is 28.6 Å². The van der Waals surface area contributed by atoms with Crippen molar-refractivity contribution in [2.45, 2.75) is 37.1 Å². The van der Waals surface area contributed by atoms with E-state index in [1.165, 1.54) is 0 Å². The predicted octanol–water partition coefficient (Wildman–Crippen LogP) is 1.94. The molecule has 1 fully saturated rings. The zero-order valence-electron chi connectivity index (χ0n) is 15.6. The zero-order valence-corrected chi connectivity index (χ0v) is 18.0. The molecule has 4 aliphatic rings. The molecule has 152 valence electrons. The second-order valence-corrected chi connectivity index (χ2v) is 13.2. The number of ether oxygens (including phenoxy) is 1. The third-order valence-corrected chi connectivity index (χ3v) is 11.4. The van der Waals surface area contributed by atoms with Crippen LogP contribution in [-0.4, -0.2) is 46.2 Å². The van der Waals surface area contributed by atoms with Crippen molar-refractivity contribution in [2.24, 2.45) is 5.14 Å². The molecule has 4 bridgehead atoms. The molecule has 0 spiro atoms. The van der Waals surface area contributed by atoms with E-state index in [1.54, 1.807) is 20.1 Å². The predicted molar refractivity (Wildman–Crippen MR) is 110 cm³/mol. The number of primary sulfonamides is 1. The van der Waals surface area contributed by atoms with E-state index < -0.39 is 24.6 Å². The van der Waals surface area contributed by atoms with E-state index >= 15 is 0 Å². The van der Waals surface area contributed by atoms with Gasteiger partial charge in [-0.3, -0.25) is 4.90 Å². The van der Waals surface area contributed by atoms with Crippen LogP contribution in [0.4, 0.5) is 0 Å². The van der Waals surface area contributed by atoms with Crippen LogP contribution in [-0.2, 0) is 26.4 Å². The first kappa shape index (κ1) is 20.0. The Hall–Kier alpha value is -1.33. The third kappa shape index (κ3) is 3.21. The number of fused-ring (bicyclic) bond motifs is 2. The van der Waals surface area contributed by atoms with E-state index in [9.17, 15) is 16.8 Å². The van der Waals surface area contributed by atoms with Gasteiger partial charge in [-0.1, -0.05) is 23.9 Å². The van der Waals surface area contributed by atoms with Crippen molar-refractivity contribution in [2.75, 3.05) is 13.7 Å². The van der Waals surface area contributed by atoms with Crippen molar-refractivity contribution in [1.82, 2.24) is 4.90 Å². The molecule has 1 aromatic carbocycles. The molecule has 4 aliphatic heterocycles. The van der Waals surface area contributed by atoms with Crippen LogP contribution in [0.1, 0.15) is 25.3 Å². The van der Waals surface area contributed by atoms with Gasteiger partial charge in [-0.05, 0) is 49.1 Å². The van der Waals surface area contributed by atoms with E-state index in [0.29, 0.717) is 25.9 Å². The number of nitrogens with two attached hydrogens (primary N) is 1. The summed E-state index contributed by atoms with van der Waals surface area (Å²) in [6.45, 7) is 2.82. The molecule has 10 heteroatoms. The number of sulfone groups is 1. The smallest absolute Gasteiger partial charge is 0.244 e. The fraction of sp³-hybridized carbons (Fsp3) is 0.444. The number of hydrogen-bond acceptors (Lipinski definition) is 7. The molecule has 0 amide bonds. The van der Waals surface area contributed by atoms with Gasteiger partial charge in [-0.2, -0.15) is 0 Å². The second kappa shape index (κ2) is 6.60. The minimum atomic E-state index is -4.01. The molecule has 4 heterocycles. The minimum absolute atomic E-state index is 0.0862. The zero-order chi connectivity index (χ0) is 20.3. The van der Waals surface area contributed by atoms with Gasteiger partial charge in [0.05, 0.1) is 11.9 Å². The molecule has 2 atom stereocenters. The van der Waals surface area contributed by atoms with Gasteiger partial charge in [0.25, 0.3) is 0 Å². The van der Waals surface area contributed by atoms with Crippen LogP contribution >= 0.6 is 11.8 Å². The van der Waals surface area contributed by atoms with Crippen molar-refractivity contribution in [3.63, 3.8) is 0 Å². The average molecular weight is 443 g/mol. The molecule has 28 heavy (non-hydrogen) atoms. The van der Waals surface area contributed by atoms with Gasteiger partial charge >= 0.3 is 0 Å². The van der Waals surface area contributed by atoms with Gasteiger partial charge in [0.1, 0.15) is 14.2 Å². The standard InChI is InChI=1S/C18H22N2O5S3/c1-18-8-13-11-20(10-12-3-5-15(25-2)6-4-12)14(9-18)7-16(28(19,23)24)26-17(13)27(18,21)22/h3-7,14H,8-11H2,1-2H3,(H2,19,23,24)/b16-7+. The van der Waals surface area contributed by atoms with Crippen LogP contribution in [0.25, 0.3) is 0 Å². The molecule has 5 rings (SSSR count). The van der Waals surface area contributed by atoms with E-state index in [-0.39, 0.29) is 14.5 Å². The van der Waals surface area contributed by atoms with Crippen LogP contribution in [0.3, 0.4) is 0 Å².